The fourth-order valence-electron chi connectivity index (χ4n) is 5.05. The summed E-state index contributed by atoms with van der Waals surface area (Å²) >= 11 is 0. The SMILES string of the molecule is Cc1cnc(C)c(-c2ccc(NC(=O)[C@@H](NC(=O)c3cnnn3C(C)C)C(C3CC3)C3CC3)nc2F)c1. The van der Waals surface area contributed by atoms with Crippen molar-refractivity contribution < 1.29 is 14.0 Å². The number of halogens is 1. The van der Waals surface area contributed by atoms with Gasteiger partial charge in [-0.15, -0.1) is 5.10 Å². The van der Waals surface area contributed by atoms with E-state index < -0.39 is 23.8 Å². The highest BCUT2D eigenvalue weighted by Gasteiger charge is 2.48. The molecule has 0 saturated heterocycles. The average Bonchev–Trinajstić information content (AvgIpc) is 3.80. The molecule has 2 amide bonds. The van der Waals surface area contributed by atoms with Crippen LogP contribution in [0.15, 0.2) is 30.6 Å². The molecule has 2 fully saturated rings. The normalized spacial score (nSPS) is 16.2. The number of hydrogen-bond donors (Lipinski definition) is 2. The molecule has 0 aromatic carbocycles. The molecule has 194 valence electrons. The Labute approximate surface area is 215 Å². The monoisotopic (exact) mass is 505 g/mol. The standard InChI is InChI=1S/C27H32FN7O2/c1-14(2)35-21(13-30-34-35)26(36)33-24(23(17-5-6-17)18-7-8-18)27(37)32-22-10-9-19(25(28)31-22)20-11-15(3)12-29-16(20)4/h9-14,17-18,23-24H,5-8H2,1-4H3,(H,33,36)(H,31,32,37)/t24-/m0/s1. The van der Waals surface area contributed by atoms with Crippen LogP contribution in [0.4, 0.5) is 10.2 Å². The maximum absolute atomic E-state index is 15.1. The first-order valence-corrected chi connectivity index (χ1v) is 12.8. The van der Waals surface area contributed by atoms with E-state index in [1.165, 1.54) is 10.9 Å². The topological polar surface area (TPSA) is 115 Å². The van der Waals surface area contributed by atoms with E-state index in [9.17, 15) is 9.59 Å². The van der Waals surface area contributed by atoms with Gasteiger partial charge in [-0.3, -0.25) is 14.6 Å². The second-order valence-corrected chi connectivity index (χ2v) is 10.5. The molecule has 3 heterocycles. The summed E-state index contributed by atoms with van der Waals surface area (Å²) in [5, 5.41) is 13.6. The molecule has 0 unspecified atom stereocenters. The fourth-order valence-corrected chi connectivity index (χ4v) is 5.05. The van der Waals surface area contributed by atoms with Crippen LogP contribution in [-0.2, 0) is 4.79 Å². The molecule has 9 nitrogen and oxygen atoms in total. The van der Waals surface area contributed by atoms with E-state index in [0.717, 1.165) is 31.2 Å². The van der Waals surface area contributed by atoms with Gasteiger partial charge >= 0.3 is 0 Å². The number of nitrogens with zero attached hydrogens (tertiary/aromatic N) is 5. The van der Waals surface area contributed by atoms with Gasteiger partial charge in [-0.05, 0) is 94.9 Å². The summed E-state index contributed by atoms with van der Waals surface area (Å²) < 4.78 is 16.6. The number of carbonyl (C=O) groups excluding carboxylic acids is 2. The Morgan fingerprint density at radius 2 is 1.76 bits per heavy atom. The summed E-state index contributed by atoms with van der Waals surface area (Å²) in [5.74, 6) is -0.584. The highest BCUT2D eigenvalue weighted by Crippen LogP contribution is 2.51. The number of carbonyl (C=O) groups is 2. The van der Waals surface area contributed by atoms with Crippen molar-refractivity contribution in [2.45, 2.75) is 65.5 Å². The summed E-state index contributed by atoms with van der Waals surface area (Å²) in [6.45, 7) is 7.52. The predicted octanol–water partition coefficient (Wildman–Crippen LogP) is 4.25. The lowest BCUT2D eigenvalue weighted by Crippen LogP contribution is -2.50. The van der Waals surface area contributed by atoms with Gasteiger partial charge in [0.15, 0.2) is 0 Å². The Bertz CT molecular complexity index is 1320. The van der Waals surface area contributed by atoms with Gasteiger partial charge < -0.3 is 10.6 Å². The van der Waals surface area contributed by atoms with Crippen LogP contribution < -0.4 is 10.6 Å². The lowest BCUT2D eigenvalue weighted by Gasteiger charge is -2.27. The lowest BCUT2D eigenvalue weighted by atomic mass is 9.88. The van der Waals surface area contributed by atoms with E-state index in [-0.39, 0.29) is 17.8 Å². The molecule has 3 aromatic rings. The van der Waals surface area contributed by atoms with Crippen LogP contribution in [-0.4, -0.2) is 42.8 Å². The van der Waals surface area contributed by atoms with Gasteiger partial charge in [0.05, 0.1) is 6.20 Å². The van der Waals surface area contributed by atoms with E-state index >= 15 is 4.39 Å². The number of amides is 2. The number of pyridine rings is 2. The molecule has 0 spiro atoms. The molecule has 0 aliphatic heterocycles. The van der Waals surface area contributed by atoms with E-state index in [1.54, 1.807) is 18.3 Å². The molecular formula is C27H32FN7O2. The van der Waals surface area contributed by atoms with Gasteiger partial charge in [-0.2, -0.15) is 4.39 Å². The molecule has 5 rings (SSSR count). The number of anilines is 1. The highest BCUT2D eigenvalue weighted by atomic mass is 19.1. The molecular weight excluding hydrogens is 473 g/mol. The van der Waals surface area contributed by atoms with E-state index in [2.05, 4.69) is 30.9 Å². The van der Waals surface area contributed by atoms with Crippen LogP contribution in [0.1, 0.15) is 67.3 Å². The first-order valence-electron chi connectivity index (χ1n) is 12.8. The predicted molar refractivity (Wildman–Crippen MR) is 136 cm³/mol. The van der Waals surface area contributed by atoms with Gasteiger partial charge in [-0.25, -0.2) is 9.67 Å². The van der Waals surface area contributed by atoms with Crippen LogP contribution >= 0.6 is 0 Å². The zero-order valence-electron chi connectivity index (χ0n) is 21.5. The number of nitrogens with one attached hydrogen (secondary N) is 2. The van der Waals surface area contributed by atoms with E-state index in [4.69, 9.17) is 0 Å². The third-order valence-electron chi connectivity index (χ3n) is 7.20. The van der Waals surface area contributed by atoms with Crippen molar-refractivity contribution >= 4 is 17.6 Å². The number of aromatic nitrogens is 5. The molecule has 0 radical (unpaired) electrons. The molecule has 3 aromatic heterocycles. The summed E-state index contributed by atoms with van der Waals surface area (Å²) in [4.78, 5) is 35.1. The second-order valence-electron chi connectivity index (χ2n) is 10.5. The highest BCUT2D eigenvalue weighted by molar-refractivity contribution is 6.00. The molecule has 2 saturated carbocycles. The number of aryl methyl sites for hydroxylation is 2. The maximum Gasteiger partial charge on any atom is 0.271 e. The van der Waals surface area contributed by atoms with Crippen LogP contribution in [0.5, 0.6) is 0 Å². The summed E-state index contributed by atoms with van der Waals surface area (Å²) in [6.07, 6.45) is 7.30. The molecule has 2 aliphatic carbocycles. The molecule has 1 atom stereocenters. The Morgan fingerprint density at radius 1 is 1.05 bits per heavy atom. The zero-order chi connectivity index (χ0) is 26.3. The van der Waals surface area contributed by atoms with Crippen LogP contribution in [0.2, 0.25) is 0 Å². The van der Waals surface area contributed by atoms with Gasteiger partial charge in [0, 0.05) is 29.1 Å². The Hall–Kier alpha value is -3.69. The quantitative estimate of drug-likeness (QED) is 0.420. The molecule has 37 heavy (non-hydrogen) atoms. The number of hydrogen-bond acceptors (Lipinski definition) is 6. The lowest BCUT2D eigenvalue weighted by molar-refractivity contribution is -0.119. The van der Waals surface area contributed by atoms with Crippen molar-refractivity contribution in [3.8, 4) is 11.1 Å². The minimum Gasteiger partial charge on any atom is -0.339 e. The minimum atomic E-state index is -0.768. The molecule has 2 aliphatic rings. The third-order valence-corrected chi connectivity index (χ3v) is 7.20. The summed E-state index contributed by atoms with van der Waals surface area (Å²) in [6, 6.07) is 4.21. The Balaban J connectivity index is 1.39. The fraction of sp³-hybridized carbons (Fsp3) is 0.481. The Kier molecular flexibility index (Phi) is 6.74. The smallest absolute Gasteiger partial charge is 0.271 e. The van der Waals surface area contributed by atoms with E-state index in [1.807, 2.05) is 33.8 Å². The van der Waals surface area contributed by atoms with Crippen molar-refractivity contribution in [3.63, 3.8) is 0 Å². The van der Waals surface area contributed by atoms with Crippen molar-refractivity contribution in [1.29, 1.82) is 0 Å². The maximum atomic E-state index is 15.1. The Morgan fingerprint density at radius 3 is 2.38 bits per heavy atom. The summed E-state index contributed by atoms with van der Waals surface area (Å²) in [5.41, 5.74) is 2.88. The first-order chi connectivity index (χ1) is 17.7. The van der Waals surface area contributed by atoms with Crippen molar-refractivity contribution in [2.75, 3.05) is 5.32 Å². The minimum absolute atomic E-state index is 0.0254. The summed E-state index contributed by atoms with van der Waals surface area (Å²) in [7, 11) is 0. The van der Waals surface area contributed by atoms with Gasteiger partial charge in [0.2, 0.25) is 11.9 Å². The third kappa shape index (κ3) is 5.38. The van der Waals surface area contributed by atoms with Crippen molar-refractivity contribution in [3.05, 3.63) is 53.5 Å². The van der Waals surface area contributed by atoms with E-state index in [0.29, 0.717) is 34.4 Å². The average molecular weight is 506 g/mol. The zero-order valence-corrected chi connectivity index (χ0v) is 21.5. The van der Waals surface area contributed by atoms with Crippen LogP contribution in [0.25, 0.3) is 11.1 Å². The van der Waals surface area contributed by atoms with Crippen molar-refractivity contribution in [2.24, 2.45) is 17.8 Å². The second kappa shape index (κ2) is 9.99. The molecule has 10 heteroatoms. The van der Waals surface area contributed by atoms with Crippen molar-refractivity contribution in [1.82, 2.24) is 30.3 Å². The number of rotatable bonds is 9. The molecule has 2 N–H and O–H groups in total. The molecule has 0 bridgehead atoms. The van der Waals surface area contributed by atoms with Gasteiger partial charge in [0.1, 0.15) is 17.6 Å². The first kappa shape index (κ1) is 25.0. The van der Waals surface area contributed by atoms with Gasteiger partial charge in [-0.1, -0.05) is 5.21 Å². The van der Waals surface area contributed by atoms with Crippen LogP contribution in [0.3, 0.4) is 0 Å². The van der Waals surface area contributed by atoms with Gasteiger partial charge in [0.25, 0.3) is 5.91 Å². The largest absolute Gasteiger partial charge is 0.339 e. The van der Waals surface area contributed by atoms with Crippen LogP contribution in [0, 0.1) is 37.5 Å².